The quantitative estimate of drug-likeness (QED) is 0.756. The van der Waals surface area contributed by atoms with Crippen molar-refractivity contribution in [2.24, 2.45) is 0 Å². The van der Waals surface area contributed by atoms with Crippen molar-refractivity contribution in [3.8, 4) is 11.4 Å². The maximum atomic E-state index is 12.8. The smallest absolute Gasteiger partial charge is 0.340 e. The van der Waals surface area contributed by atoms with Gasteiger partial charge in [0.1, 0.15) is 6.54 Å². The Kier molecular flexibility index (Phi) is 4.93. The molecular formula is C15H16F3N5O3S. The Hall–Kier alpha value is -2.50. The number of alkyl halides is 3. The van der Waals surface area contributed by atoms with E-state index >= 15 is 0 Å². The number of rotatable bonds is 4. The number of halogens is 3. The number of nitrogens with zero attached hydrogens (tertiary/aromatic N) is 5. The van der Waals surface area contributed by atoms with Crippen LogP contribution in [0.4, 0.5) is 13.2 Å². The van der Waals surface area contributed by atoms with Gasteiger partial charge in [-0.15, -0.1) is 10.2 Å². The molecule has 0 aliphatic carbocycles. The summed E-state index contributed by atoms with van der Waals surface area (Å²) in [5, 5.41) is 11.3. The van der Waals surface area contributed by atoms with E-state index in [0.717, 1.165) is 16.9 Å². The first-order valence-corrected chi connectivity index (χ1v) is 9.79. The molecule has 2 aromatic rings. The number of carbonyl (C=O) groups excluding carboxylic acids is 1. The Balaban J connectivity index is 1.70. The van der Waals surface area contributed by atoms with Crippen LogP contribution in [0.1, 0.15) is 12.0 Å². The summed E-state index contributed by atoms with van der Waals surface area (Å²) >= 11 is 0. The molecule has 0 bridgehead atoms. The van der Waals surface area contributed by atoms with Gasteiger partial charge in [0.2, 0.25) is 11.7 Å². The topological polar surface area (TPSA) is 98.1 Å². The second kappa shape index (κ2) is 6.91. The zero-order chi connectivity index (χ0) is 19.8. The summed E-state index contributed by atoms with van der Waals surface area (Å²) in [6, 6.07) is 4.07. The van der Waals surface area contributed by atoms with Crippen LogP contribution in [0.15, 0.2) is 24.3 Å². The Bertz CT molecular complexity index is 958. The molecule has 2 heterocycles. The number of aromatic nitrogens is 4. The summed E-state index contributed by atoms with van der Waals surface area (Å²) in [5.74, 6) is -0.503. The Labute approximate surface area is 152 Å². The number of carbonyl (C=O) groups is 1. The summed E-state index contributed by atoms with van der Waals surface area (Å²) < 4.78 is 61.4. The number of hydrogen-bond donors (Lipinski definition) is 0. The maximum Gasteiger partial charge on any atom is 0.416 e. The van der Waals surface area contributed by atoms with Crippen molar-refractivity contribution in [3.05, 3.63) is 29.8 Å². The van der Waals surface area contributed by atoms with Crippen LogP contribution in [0.3, 0.4) is 0 Å². The average molecular weight is 403 g/mol. The molecule has 1 aliphatic rings. The van der Waals surface area contributed by atoms with Gasteiger partial charge in [-0.2, -0.15) is 18.0 Å². The van der Waals surface area contributed by atoms with Crippen LogP contribution in [0.5, 0.6) is 0 Å². The van der Waals surface area contributed by atoms with E-state index in [9.17, 15) is 26.4 Å². The molecule has 1 amide bonds. The first-order chi connectivity index (χ1) is 12.5. The molecule has 3 rings (SSSR count). The van der Waals surface area contributed by atoms with Crippen molar-refractivity contribution in [2.45, 2.75) is 25.2 Å². The lowest BCUT2D eigenvalue weighted by Crippen LogP contribution is -2.40. The molecule has 1 aromatic carbocycles. The van der Waals surface area contributed by atoms with Crippen molar-refractivity contribution in [1.82, 2.24) is 25.1 Å². The average Bonchev–Trinajstić information content (AvgIpc) is 3.20. The summed E-state index contributed by atoms with van der Waals surface area (Å²) in [4.78, 5) is 14.6. The Morgan fingerprint density at radius 2 is 2.11 bits per heavy atom. The predicted octanol–water partition coefficient (Wildman–Crippen LogP) is 1.00. The summed E-state index contributed by atoms with van der Waals surface area (Å²) in [6.45, 7) is -0.293. The number of amides is 1. The van der Waals surface area contributed by atoms with Crippen LogP contribution in [-0.4, -0.2) is 64.0 Å². The van der Waals surface area contributed by atoms with Gasteiger partial charge in [-0.25, -0.2) is 8.42 Å². The SMILES string of the molecule is CN(C(=O)Cn1nnc(-c2cccc(C(F)(F)F)c2)n1)C1CCS(=O)(=O)C1. The molecule has 1 atom stereocenters. The van der Waals surface area contributed by atoms with Gasteiger partial charge in [-0.1, -0.05) is 12.1 Å². The predicted molar refractivity (Wildman–Crippen MR) is 88.1 cm³/mol. The highest BCUT2D eigenvalue weighted by Crippen LogP contribution is 2.31. The summed E-state index contributed by atoms with van der Waals surface area (Å²) in [5.41, 5.74) is -0.714. The van der Waals surface area contributed by atoms with Crippen molar-refractivity contribution in [2.75, 3.05) is 18.6 Å². The molecule has 12 heteroatoms. The van der Waals surface area contributed by atoms with E-state index in [0.29, 0.717) is 6.42 Å². The number of benzene rings is 1. The van der Waals surface area contributed by atoms with Crippen LogP contribution in [0.2, 0.25) is 0 Å². The molecule has 146 valence electrons. The van der Waals surface area contributed by atoms with Crippen LogP contribution in [0, 0.1) is 0 Å². The minimum atomic E-state index is -4.49. The first-order valence-electron chi connectivity index (χ1n) is 7.97. The number of sulfone groups is 1. The van der Waals surface area contributed by atoms with Crippen molar-refractivity contribution < 1.29 is 26.4 Å². The fourth-order valence-electron chi connectivity index (χ4n) is 2.78. The zero-order valence-electron chi connectivity index (χ0n) is 14.2. The molecule has 27 heavy (non-hydrogen) atoms. The lowest BCUT2D eigenvalue weighted by atomic mass is 10.1. The van der Waals surface area contributed by atoms with Crippen LogP contribution < -0.4 is 0 Å². The van der Waals surface area contributed by atoms with Crippen LogP contribution >= 0.6 is 0 Å². The normalized spacial score (nSPS) is 19.2. The van der Waals surface area contributed by atoms with E-state index < -0.39 is 33.5 Å². The van der Waals surface area contributed by atoms with Crippen LogP contribution in [0.25, 0.3) is 11.4 Å². The zero-order valence-corrected chi connectivity index (χ0v) is 15.0. The van der Waals surface area contributed by atoms with E-state index in [1.807, 2.05) is 0 Å². The van der Waals surface area contributed by atoms with Crippen molar-refractivity contribution >= 4 is 15.7 Å². The van der Waals surface area contributed by atoms with Gasteiger partial charge in [0.15, 0.2) is 9.84 Å². The van der Waals surface area contributed by atoms with Gasteiger partial charge in [0.05, 0.1) is 17.1 Å². The number of hydrogen-bond acceptors (Lipinski definition) is 6. The molecule has 0 spiro atoms. The van der Waals surface area contributed by atoms with Gasteiger partial charge >= 0.3 is 6.18 Å². The van der Waals surface area contributed by atoms with E-state index in [1.54, 1.807) is 0 Å². The Morgan fingerprint density at radius 1 is 1.37 bits per heavy atom. The van der Waals surface area contributed by atoms with Gasteiger partial charge in [-0.05, 0) is 23.8 Å². The lowest BCUT2D eigenvalue weighted by Gasteiger charge is -2.22. The third-order valence-corrected chi connectivity index (χ3v) is 6.08. The minimum absolute atomic E-state index is 0.0383. The Morgan fingerprint density at radius 3 is 2.74 bits per heavy atom. The molecule has 1 fully saturated rings. The standard InChI is InChI=1S/C15H16F3N5O3S/c1-22(12-5-6-27(25,26)9-12)13(24)8-23-20-14(19-21-23)10-3-2-4-11(7-10)15(16,17)18/h2-4,7,12H,5-6,8-9H2,1H3. The van der Waals surface area contributed by atoms with Crippen molar-refractivity contribution in [1.29, 1.82) is 0 Å². The van der Waals surface area contributed by atoms with E-state index in [4.69, 9.17) is 0 Å². The highest BCUT2D eigenvalue weighted by atomic mass is 32.2. The highest BCUT2D eigenvalue weighted by Gasteiger charge is 2.33. The number of tetrazole rings is 1. The second-order valence-corrected chi connectivity index (χ2v) is 8.51. The molecule has 1 saturated heterocycles. The molecule has 0 radical (unpaired) electrons. The molecule has 1 unspecified atom stereocenters. The molecule has 0 saturated carbocycles. The molecule has 1 aromatic heterocycles. The molecule has 1 aliphatic heterocycles. The minimum Gasteiger partial charge on any atom is -0.340 e. The van der Waals surface area contributed by atoms with Crippen LogP contribution in [-0.2, 0) is 27.4 Å². The monoisotopic (exact) mass is 403 g/mol. The maximum absolute atomic E-state index is 12.8. The van der Waals surface area contributed by atoms with E-state index in [2.05, 4.69) is 15.4 Å². The fourth-order valence-corrected chi connectivity index (χ4v) is 4.55. The van der Waals surface area contributed by atoms with Gasteiger partial charge in [-0.3, -0.25) is 4.79 Å². The van der Waals surface area contributed by atoms with Gasteiger partial charge in [0, 0.05) is 18.7 Å². The highest BCUT2D eigenvalue weighted by molar-refractivity contribution is 7.91. The third kappa shape index (κ3) is 4.43. The third-order valence-electron chi connectivity index (χ3n) is 4.33. The second-order valence-electron chi connectivity index (χ2n) is 6.28. The van der Waals surface area contributed by atoms with Gasteiger partial charge < -0.3 is 4.90 Å². The molecule has 0 N–H and O–H groups in total. The first kappa shape index (κ1) is 19.3. The summed E-state index contributed by atoms with van der Waals surface area (Å²) in [7, 11) is -1.63. The van der Waals surface area contributed by atoms with Crippen molar-refractivity contribution in [3.63, 3.8) is 0 Å². The molecule has 8 nitrogen and oxygen atoms in total. The lowest BCUT2D eigenvalue weighted by molar-refractivity contribution is -0.137. The van der Waals surface area contributed by atoms with Gasteiger partial charge in [0.25, 0.3) is 0 Å². The fraction of sp³-hybridized carbons (Fsp3) is 0.467. The van der Waals surface area contributed by atoms with E-state index in [-0.39, 0.29) is 29.4 Å². The number of likely N-dealkylation sites (N-methyl/N-ethyl adjacent to an activating group) is 1. The van der Waals surface area contributed by atoms with E-state index in [1.165, 1.54) is 24.1 Å². The molecular weight excluding hydrogens is 387 g/mol. The summed E-state index contributed by atoms with van der Waals surface area (Å²) in [6.07, 6.45) is -4.13. The largest absolute Gasteiger partial charge is 0.416 e.